The van der Waals surface area contributed by atoms with E-state index in [4.69, 9.17) is 4.74 Å². The Hall–Kier alpha value is -0.0800. The SMILES string of the molecule is CCC1CNCC(C23CC4CC(CC(C4)C2)C3)O1. The normalized spacial score (nSPS) is 54.8. The summed E-state index contributed by atoms with van der Waals surface area (Å²) in [5.41, 5.74) is 0.565. The summed E-state index contributed by atoms with van der Waals surface area (Å²) in [5.74, 6) is 3.13. The molecule has 2 unspecified atom stereocenters. The summed E-state index contributed by atoms with van der Waals surface area (Å²) < 4.78 is 6.46. The molecular formula is C16H27NO. The van der Waals surface area contributed by atoms with Crippen LogP contribution in [-0.2, 0) is 4.74 Å². The fraction of sp³-hybridized carbons (Fsp3) is 1.00. The number of hydrogen-bond acceptors (Lipinski definition) is 2. The smallest absolute Gasteiger partial charge is 0.0760 e. The molecule has 0 spiro atoms. The lowest BCUT2D eigenvalue weighted by atomic mass is 9.48. The largest absolute Gasteiger partial charge is 0.372 e. The topological polar surface area (TPSA) is 21.3 Å². The Balaban J connectivity index is 1.56. The van der Waals surface area contributed by atoms with Gasteiger partial charge in [0.25, 0.3) is 0 Å². The van der Waals surface area contributed by atoms with Gasteiger partial charge in [0.15, 0.2) is 0 Å². The lowest BCUT2D eigenvalue weighted by Gasteiger charge is -2.60. The van der Waals surface area contributed by atoms with Crippen LogP contribution in [0.1, 0.15) is 51.9 Å². The van der Waals surface area contributed by atoms with Crippen molar-refractivity contribution in [2.75, 3.05) is 13.1 Å². The molecule has 0 aromatic carbocycles. The number of nitrogens with one attached hydrogen (secondary N) is 1. The van der Waals surface area contributed by atoms with Crippen LogP contribution in [0.5, 0.6) is 0 Å². The third kappa shape index (κ3) is 1.76. The lowest BCUT2D eigenvalue weighted by molar-refractivity contribution is -0.170. The summed E-state index contributed by atoms with van der Waals surface area (Å²) in [6.07, 6.45) is 11.2. The molecule has 1 heterocycles. The van der Waals surface area contributed by atoms with E-state index in [0.717, 1.165) is 37.3 Å². The summed E-state index contributed by atoms with van der Waals surface area (Å²) in [6, 6.07) is 0. The highest BCUT2D eigenvalue weighted by Crippen LogP contribution is 2.61. The number of ether oxygens (including phenoxy) is 1. The first-order valence-corrected chi connectivity index (χ1v) is 8.13. The summed E-state index contributed by atoms with van der Waals surface area (Å²) >= 11 is 0. The molecule has 1 saturated heterocycles. The predicted molar refractivity (Wildman–Crippen MR) is 72.4 cm³/mol. The Kier molecular flexibility index (Phi) is 2.74. The van der Waals surface area contributed by atoms with Gasteiger partial charge >= 0.3 is 0 Å². The average Bonchev–Trinajstić information content (AvgIpc) is 2.37. The van der Waals surface area contributed by atoms with Crippen LogP contribution in [-0.4, -0.2) is 25.3 Å². The minimum atomic E-state index is 0.469. The van der Waals surface area contributed by atoms with Gasteiger partial charge in [0.1, 0.15) is 0 Å². The van der Waals surface area contributed by atoms with E-state index in [-0.39, 0.29) is 0 Å². The van der Waals surface area contributed by atoms with Gasteiger partial charge in [0.2, 0.25) is 0 Å². The zero-order chi connectivity index (χ0) is 12.2. The molecular weight excluding hydrogens is 222 g/mol. The van der Waals surface area contributed by atoms with E-state index in [1.54, 1.807) is 0 Å². The van der Waals surface area contributed by atoms with Crippen LogP contribution in [0.3, 0.4) is 0 Å². The van der Waals surface area contributed by atoms with Crippen LogP contribution in [0, 0.1) is 23.2 Å². The molecule has 0 radical (unpaired) electrons. The molecule has 4 aliphatic carbocycles. The predicted octanol–water partition coefficient (Wildman–Crippen LogP) is 2.97. The van der Waals surface area contributed by atoms with Crippen molar-refractivity contribution >= 4 is 0 Å². The van der Waals surface area contributed by atoms with Crippen molar-refractivity contribution in [1.82, 2.24) is 5.32 Å². The maximum absolute atomic E-state index is 6.46. The molecule has 5 rings (SSSR count). The molecule has 2 atom stereocenters. The quantitative estimate of drug-likeness (QED) is 0.812. The number of rotatable bonds is 2. The second-order valence-corrected chi connectivity index (χ2v) is 7.59. The third-order valence-electron chi connectivity index (χ3n) is 6.28. The highest BCUT2D eigenvalue weighted by Gasteiger charge is 2.55. The summed E-state index contributed by atoms with van der Waals surface area (Å²) in [6.45, 7) is 4.44. The average molecular weight is 249 g/mol. The molecule has 1 N–H and O–H groups in total. The highest BCUT2D eigenvalue weighted by molar-refractivity contribution is 5.05. The first-order chi connectivity index (χ1) is 8.77. The first-order valence-electron chi connectivity index (χ1n) is 8.13. The third-order valence-corrected chi connectivity index (χ3v) is 6.28. The summed E-state index contributed by atoms with van der Waals surface area (Å²) in [5, 5.41) is 3.64. The fourth-order valence-electron chi connectivity index (χ4n) is 5.88. The molecule has 2 heteroatoms. The summed E-state index contributed by atoms with van der Waals surface area (Å²) in [4.78, 5) is 0. The van der Waals surface area contributed by atoms with E-state index in [0.29, 0.717) is 17.6 Å². The van der Waals surface area contributed by atoms with E-state index in [9.17, 15) is 0 Å². The van der Waals surface area contributed by atoms with Gasteiger partial charge in [-0.1, -0.05) is 6.92 Å². The van der Waals surface area contributed by atoms with E-state index < -0.39 is 0 Å². The van der Waals surface area contributed by atoms with Crippen molar-refractivity contribution in [3.8, 4) is 0 Å². The Morgan fingerprint density at radius 1 is 1.00 bits per heavy atom. The van der Waals surface area contributed by atoms with E-state index in [1.165, 1.54) is 38.5 Å². The number of morpholine rings is 1. The molecule has 0 amide bonds. The zero-order valence-corrected chi connectivity index (χ0v) is 11.7. The minimum absolute atomic E-state index is 0.469. The van der Waals surface area contributed by atoms with E-state index in [1.807, 2.05) is 0 Å². The minimum Gasteiger partial charge on any atom is -0.372 e. The molecule has 5 aliphatic rings. The molecule has 18 heavy (non-hydrogen) atoms. The lowest BCUT2D eigenvalue weighted by Crippen LogP contribution is -2.58. The van der Waals surface area contributed by atoms with Gasteiger partial charge in [-0.15, -0.1) is 0 Å². The van der Waals surface area contributed by atoms with Gasteiger partial charge in [-0.2, -0.15) is 0 Å². The summed E-state index contributed by atoms with van der Waals surface area (Å²) in [7, 11) is 0. The Morgan fingerprint density at radius 2 is 1.61 bits per heavy atom. The van der Waals surface area contributed by atoms with Crippen molar-refractivity contribution in [3.63, 3.8) is 0 Å². The van der Waals surface area contributed by atoms with Gasteiger partial charge < -0.3 is 10.1 Å². The van der Waals surface area contributed by atoms with Crippen LogP contribution in [0.25, 0.3) is 0 Å². The number of hydrogen-bond donors (Lipinski definition) is 1. The Morgan fingerprint density at radius 3 is 2.17 bits per heavy atom. The molecule has 2 nitrogen and oxygen atoms in total. The maximum atomic E-state index is 6.46. The fourth-order valence-corrected chi connectivity index (χ4v) is 5.88. The molecule has 0 aromatic rings. The molecule has 4 saturated carbocycles. The second kappa shape index (κ2) is 4.21. The first kappa shape index (κ1) is 11.7. The molecule has 5 fully saturated rings. The van der Waals surface area contributed by atoms with Gasteiger partial charge in [0, 0.05) is 13.1 Å². The van der Waals surface area contributed by atoms with E-state index in [2.05, 4.69) is 12.2 Å². The van der Waals surface area contributed by atoms with Crippen molar-refractivity contribution in [2.24, 2.45) is 23.2 Å². The van der Waals surface area contributed by atoms with Crippen molar-refractivity contribution in [1.29, 1.82) is 0 Å². The van der Waals surface area contributed by atoms with Crippen molar-refractivity contribution in [3.05, 3.63) is 0 Å². The van der Waals surface area contributed by atoms with Crippen LogP contribution in [0.2, 0.25) is 0 Å². The molecule has 4 bridgehead atoms. The van der Waals surface area contributed by atoms with Gasteiger partial charge in [-0.3, -0.25) is 0 Å². The molecule has 1 aliphatic heterocycles. The molecule has 0 aromatic heterocycles. The van der Waals surface area contributed by atoms with Crippen molar-refractivity contribution < 1.29 is 4.74 Å². The highest BCUT2D eigenvalue weighted by atomic mass is 16.5. The van der Waals surface area contributed by atoms with Crippen LogP contribution in [0.4, 0.5) is 0 Å². The Labute approximate surface area is 111 Å². The van der Waals surface area contributed by atoms with Crippen LogP contribution >= 0.6 is 0 Å². The standard InChI is InChI=1S/C16H27NO/c1-2-14-9-17-10-15(18-14)16-6-11-3-12(7-16)5-13(4-11)8-16/h11-15,17H,2-10H2,1H3. The van der Waals surface area contributed by atoms with Gasteiger partial charge in [-0.05, 0) is 68.1 Å². The molecule has 102 valence electrons. The van der Waals surface area contributed by atoms with Gasteiger partial charge in [-0.25, -0.2) is 0 Å². The van der Waals surface area contributed by atoms with E-state index >= 15 is 0 Å². The monoisotopic (exact) mass is 249 g/mol. The van der Waals surface area contributed by atoms with Gasteiger partial charge in [0.05, 0.1) is 12.2 Å². The zero-order valence-electron chi connectivity index (χ0n) is 11.7. The maximum Gasteiger partial charge on any atom is 0.0760 e. The Bertz CT molecular complexity index is 292. The van der Waals surface area contributed by atoms with Crippen LogP contribution in [0.15, 0.2) is 0 Å². The van der Waals surface area contributed by atoms with Crippen molar-refractivity contribution in [2.45, 2.75) is 64.1 Å². The second-order valence-electron chi connectivity index (χ2n) is 7.59. The van der Waals surface area contributed by atoms with Crippen LogP contribution < -0.4 is 5.32 Å².